The van der Waals surface area contributed by atoms with Crippen LogP contribution in [0.3, 0.4) is 0 Å². The maximum Gasteiger partial charge on any atom is 0.326 e. The van der Waals surface area contributed by atoms with Crippen LogP contribution in [0, 0.1) is 6.92 Å². The van der Waals surface area contributed by atoms with Crippen molar-refractivity contribution in [3.63, 3.8) is 0 Å². The molecule has 1 aromatic carbocycles. The molecule has 31 heavy (non-hydrogen) atoms. The summed E-state index contributed by atoms with van der Waals surface area (Å²) in [6.45, 7) is 3.49. The summed E-state index contributed by atoms with van der Waals surface area (Å²) in [6.07, 6.45) is 1.26. The third-order valence-electron chi connectivity index (χ3n) is 4.80. The molecule has 0 fully saturated rings. The zero-order chi connectivity index (χ0) is 22.3. The number of hydrogen-bond donors (Lipinski definition) is 3. The molecule has 1 aliphatic heterocycles. The number of carbonyl (C=O) groups excluding carboxylic acids is 1. The smallest absolute Gasteiger partial charge is 0.302 e. The number of nitrogens with zero attached hydrogens (tertiary/aromatic N) is 2. The number of rotatable bonds is 4. The Bertz CT molecular complexity index is 1380. The highest BCUT2D eigenvalue weighted by molar-refractivity contribution is 7.92. The lowest BCUT2D eigenvalue weighted by atomic mass is 10.00. The van der Waals surface area contributed by atoms with E-state index in [4.69, 9.17) is 0 Å². The minimum Gasteiger partial charge on any atom is -0.302 e. The summed E-state index contributed by atoms with van der Waals surface area (Å²) in [5.41, 5.74) is 1.29. The van der Waals surface area contributed by atoms with Gasteiger partial charge in [-0.2, -0.15) is 8.42 Å². The van der Waals surface area contributed by atoms with Crippen molar-refractivity contribution in [2.45, 2.75) is 31.7 Å². The van der Waals surface area contributed by atoms with E-state index >= 15 is 0 Å². The molecule has 0 bridgehead atoms. The average Bonchev–Trinajstić information content (AvgIpc) is 3.05. The fourth-order valence-electron chi connectivity index (χ4n) is 3.53. The van der Waals surface area contributed by atoms with Gasteiger partial charge < -0.3 is 5.32 Å². The van der Waals surface area contributed by atoms with Crippen molar-refractivity contribution >= 4 is 38.1 Å². The Morgan fingerprint density at radius 1 is 1.23 bits per heavy atom. The normalized spacial score (nSPS) is 13.7. The number of H-pyrrole nitrogens is 2. The van der Waals surface area contributed by atoms with Crippen LogP contribution < -0.4 is 20.9 Å². The minimum atomic E-state index is -4.11. The number of fused-ring (bicyclic) bond motifs is 1. The van der Waals surface area contributed by atoms with Gasteiger partial charge >= 0.3 is 5.69 Å². The molecule has 0 unspecified atom stereocenters. The lowest BCUT2D eigenvalue weighted by Crippen LogP contribution is -2.38. The topological polar surface area (TPSA) is 145 Å². The van der Waals surface area contributed by atoms with E-state index in [0.29, 0.717) is 23.7 Å². The van der Waals surface area contributed by atoms with E-state index in [9.17, 15) is 22.8 Å². The van der Waals surface area contributed by atoms with Crippen LogP contribution in [0.5, 0.6) is 0 Å². The monoisotopic (exact) mass is 461 g/mol. The molecule has 0 saturated carbocycles. The highest BCUT2D eigenvalue weighted by Crippen LogP contribution is 2.38. The summed E-state index contributed by atoms with van der Waals surface area (Å²) in [5, 5.41) is 2.73. The summed E-state index contributed by atoms with van der Waals surface area (Å²) in [7, 11) is -4.11. The molecule has 3 N–H and O–H groups in total. The Labute approximate surface area is 181 Å². The second kappa shape index (κ2) is 7.78. The number of carbonyl (C=O) groups is 1. The minimum absolute atomic E-state index is 0.204. The van der Waals surface area contributed by atoms with Crippen LogP contribution in [-0.2, 0) is 21.2 Å². The first-order valence-electron chi connectivity index (χ1n) is 9.40. The fourth-order valence-corrected chi connectivity index (χ4v) is 6.06. The third-order valence-corrected chi connectivity index (χ3v) is 7.66. The van der Waals surface area contributed by atoms with E-state index in [0.717, 1.165) is 27.8 Å². The molecule has 1 amide bonds. The molecule has 0 radical (unpaired) electrons. The van der Waals surface area contributed by atoms with Crippen LogP contribution in [0.15, 0.2) is 38.9 Å². The van der Waals surface area contributed by atoms with Gasteiger partial charge in [0.15, 0.2) is 10.2 Å². The number of nitrogens with one attached hydrogen (secondary N) is 3. The van der Waals surface area contributed by atoms with Crippen LogP contribution in [0.1, 0.15) is 24.6 Å². The van der Waals surface area contributed by atoms with Gasteiger partial charge in [0.05, 0.1) is 16.3 Å². The Hall–Kier alpha value is -3.25. The Kier molecular flexibility index (Phi) is 5.27. The van der Waals surface area contributed by atoms with Crippen molar-refractivity contribution < 1.29 is 13.2 Å². The summed E-state index contributed by atoms with van der Waals surface area (Å²) >= 11 is 1.35. The van der Waals surface area contributed by atoms with Crippen molar-refractivity contribution in [3.05, 3.63) is 56.4 Å². The number of benzene rings is 1. The first-order chi connectivity index (χ1) is 14.6. The lowest BCUT2D eigenvalue weighted by molar-refractivity contribution is -0.114. The van der Waals surface area contributed by atoms with Crippen molar-refractivity contribution in [3.8, 4) is 10.4 Å². The van der Waals surface area contributed by atoms with Crippen molar-refractivity contribution in [2.24, 2.45) is 0 Å². The number of aromatic amines is 2. The quantitative estimate of drug-likeness (QED) is 0.503. The number of sulfonamides is 1. The van der Waals surface area contributed by atoms with Crippen LogP contribution in [-0.4, -0.2) is 35.8 Å². The van der Waals surface area contributed by atoms with Crippen molar-refractivity contribution in [1.82, 2.24) is 15.0 Å². The van der Waals surface area contributed by atoms with E-state index in [1.165, 1.54) is 22.6 Å². The SMILES string of the molecule is CC(=O)Nc1nc(C)c(-c2ccc3c(c2)CCCN3S(=O)(=O)c2cc(=O)[nH]c(=O)[nH]2)s1. The summed E-state index contributed by atoms with van der Waals surface area (Å²) in [5.74, 6) is -0.204. The molecule has 12 heteroatoms. The van der Waals surface area contributed by atoms with Gasteiger partial charge in [-0.3, -0.25) is 23.9 Å². The van der Waals surface area contributed by atoms with Gasteiger partial charge in [0.2, 0.25) is 5.91 Å². The zero-order valence-corrected chi connectivity index (χ0v) is 18.3. The van der Waals surface area contributed by atoms with E-state index in [-0.39, 0.29) is 12.5 Å². The highest BCUT2D eigenvalue weighted by Gasteiger charge is 2.30. The molecule has 3 aromatic rings. The molecule has 4 rings (SSSR count). The Balaban J connectivity index is 1.74. The summed E-state index contributed by atoms with van der Waals surface area (Å²) in [6, 6.07) is 6.29. The van der Waals surface area contributed by atoms with E-state index in [1.54, 1.807) is 12.1 Å². The predicted molar refractivity (Wildman–Crippen MR) is 117 cm³/mol. The molecule has 3 heterocycles. The standard InChI is InChI=1S/C19H19N5O5S2/c1-10-17(30-19(20-10)21-11(2)25)13-5-6-14-12(8-13)4-3-7-24(14)31(28,29)16-9-15(26)22-18(27)23-16/h5-6,8-9H,3-4,7H2,1-2H3,(H,20,21,25)(H2,22,23,26,27). The molecule has 162 valence electrons. The number of aromatic nitrogens is 3. The second-order valence-electron chi connectivity index (χ2n) is 7.09. The van der Waals surface area contributed by atoms with Gasteiger partial charge in [0.25, 0.3) is 15.6 Å². The average molecular weight is 462 g/mol. The van der Waals surface area contributed by atoms with Crippen molar-refractivity contribution in [2.75, 3.05) is 16.2 Å². The molecule has 2 aromatic heterocycles. The summed E-state index contributed by atoms with van der Waals surface area (Å²) in [4.78, 5) is 43.9. The van der Waals surface area contributed by atoms with Crippen LogP contribution in [0.2, 0.25) is 0 Å². The van der Waals surface area contributed by atoms with Crippen LogP contribution in [0.25, 0.3) is 10.4 Å². The maximum atomic E-state index is 13.1. The maximum absolute atomic E-state index is 13.1. The van der Waals surface area contributed by atoms with Crippen LogP contribution >= 0.6 is 11.3 Å². The molecule has 0 atom stereocenters. The molecular formula is C19H19N5O5S2. The first-order valence-corrected chi connectivity index (χ1v) is 11.7. The third kappa shape index (κ3) is 4.03. The number of aryl methyl sites for hydroxylation is 2. The van der Waals surface area contributed by atoms with Gasteiger partial charge in [-0.1, -0.05) is 17.4 Å². The molecule has 1 aliphatic rings. The number of hydrogen-bond acceptors (Lipinski definition) is 7. The number of amides is 1. The first kappa shape index (κ1) is 21.0. The van der Waals surface area contributed by atoms with Gasteiger partial charge in [-0.25, -0.2) is 9.78 Å². The molecule has 0 aliphatic carbocycles. The number of thiazole rings is 1. The largest absolute Gasteiger partial charge is 0.326 e. The van der Waals surface area contributed by atoms with Crippen LogP contribution in [0.4, 0.5) is 10.8 Å². The van der Waals surface area contributed by atoms with E-state index in [1.807, 2.05) is 18.0 Å². The van der Waals surface area contributed by atoms with Gasteiger partial charge in [-0.15, -0.1) is 0 Å². The van der Waals surface area contributed by atoms with Gasteiger partial charge in [0, 0.05) is 19.5 Å². The van der Waals surface area contributed by atoms with Crippen molar-refractivity contribution in [1.29, 1.82) is 0 Å². The predicted octanol–water partition coefficient (Wildman–Crippen LogP) is 1.60. The Morgan fingerprint density at radius 3 is 2.71 bits per heavy atom. The van der Waals surface area contributed by atoms with E-state index in [2.05, 4.69) is 15.3 Å². The molecule has 10 nitrogen and oxygen atoms in total. The van der Waals surface area contributed by atoms with Gasteiger partial charge in [0.1, 0.15) is 0 Å². The lowest BCUT2D eigenvalue weighted by Gasteiger charge is -2.30. The highest BCUT2D eigenvalue weighted by atomic mass is 32.2. The fraction of sp³-hybridized carbons (Fsp3) is 0.263. The zero-order valence-electron chi connectivity index (χ0n) is 16.7. The molecule has 0 spiro atoms. The molecule has 0 saturated heterocycles. The molecular weight excluding hydrogens is 442 g/mol. The number of anilines is 2. The summed E-state index contributed by atoms with van der Waals surface area (Å²) < 4.78 is 27.5. The van der Waals surface area contributed by atoms with Gasteiger partial charge in [-0.05, 0) is 43.0 Å². The van der Waals surface area contributed by atoms with E-state index < -0.39 is 26.3 Å². The Morgan fingerprint density at radius 2 is 2.00 bits per heavy atom. The second-order valence-corrected chi connectivity index (χ2v) is 9.92.